The number of hydrogen-bond acceptors (Lipinski definition) is 9. The van der Waals surface area contributed by atoms with Crippen molar-refractivity contribution in [3.63, 3.8) is 0 Å². The first-order chi connectivity index (χ1) is 21.1. The van der Waals surface area contributed by atoms with E-state index in [1.165, 1.54) is 11.3 Å². The quantitative estimate of drug-likeness (QED) is 0.165. The van der Waals surface area contributed by atoms with E-state index in [0.717, 1.165) is 18.5 Å². The number of rotatable bonds is 22. The standard InChI is InChI=1S/C31H53N5O8/c1-31(2,3)36(30(39)40)14-7-16-42-19-21-43-20-18-41-15-6-11-33-28(37)9-10-29(38)34-12-17-44-26-22-25(23-32-24-26)27-8-5-13-35(27)4/h22-24,27H,5-21H2,1-4H3,(H,33,37)(H,34,38)(H,39,40)/t27-/m0/s1. The second-order valence-corrected chi connectivity index (χ2v) is 11.8. The van der Waals surface area contributed by atoms with Gasteiger partial charge in [0, 0.05) is 56.9 Å². The summed E-state index contributed by atoms with van der Waals surface area (Å²) in [5.41, 5.74) is 0.710. The number of carboxylic acid groups (broad SMARTS) is 1. The summed E-state index contributed by atoms with van der Waals surface area (Å²) >= 11 is 0. The van der Waals surface area contributed by atoms with Crippen LogP contribution >= 0.6 is 0 Å². The van der Waals surface area contributed by atoms with Crippen LogP contribution < -0.4 is 15.4 Å². The molecule has 3 amide bonds. The Morgan fingerprint density at radius 3 is 2.14 bits per heavy atom. The van der Waals surface area contributed by atoms with Gasteiger partial charge in [0.15, 0.2) is 0 Å². The number of hydrogen-bond donors (Lipinski definition) is 3. The molecule has 250 valence electrons. The molecule has 1 fully saturated rings. The molecule has 0 aliphatic carbocycles. The van der Waals surface area contributed by atoms with Crippen LogP contribution in [0.2, 0.25) is 0 Å². The van der Waals surface area contributed by atoms with Gasteiger partial charge in [-0.05, 0) is 71.7 Å². The first kappa shape index (κ1) is 37.2. The van der Waals surface area contributed by atoms with Crippen molar-refractivity contribution < 1.29 is 38.4 Å². The summed E-state index contributed by atoms with van der Waals surface area (Å²) in [6, 6.07) is 2.39. The number of carbonyl (C=O) groups excluding carboxylic acids is 2. The Hall–Kier alpha value is -3.00. The molecule has 1 aliphatic rings. The Kier molecular flexibility index (Phi) is 17.6. The summed E-state index contributed by atoms with van der Waals surface area (Å²) in [4.78, 5) is 43.4. The molecule has 0 spiro atoms. The fourth-order valence-electron chi connectivity index (χ4n) is 4.78. The number of carbonyl (C=O) groups is 3. The van der Waals surface area contributed by atoms with Gasteiger partial charge in [-0.25, -0.2) is 4.79 Å². The van der Waals surface area contributed by atoms with Crippen LogP contribution in [0.1, 0.15) is 70.9 Å². The highest BCUT2D eigenvalue weighted by Gasteiger charge is 2.25. The zero-order chi connectivity index (χ0) is 32.2. The molecule has 0 bridgehead atoms. The van der Waals surface area contributed by atoms with E-state index in [0.29, 0.717) is 90.5 Å². The van der Waals surface area contributed by atoms with Gasteiger partial charge in [0.05, 0.1) is 39.2 Å². The Morgan fingerprint density at radius 2 is 1.55 bits per heavy atom. The van der Waals surface area contributed by atoms with Crippen molar-refractivity contribution >= 4 is 17.9 Å². The Morgan fingerprint density at radius 1 is 0.932 bits per heavy atom. The van der Waals surface area contributed by atoms with Crippen molar-refractivity contribution in [1.82, 2.24) is 25.4 Å². The molecule has 3 N–H and O–H groups in total. The summed E-state index contributed by atoms with van der Waals surface area (Å²) in [5.74, 6) is 0.324. The summed E-state index contributed by atoms with van der Waals surface area (Å²) in [6.45, 7) is 11.0. The largest absolute Gasteiger partial charge is 0.490 e. The fraction of sp³-hybridized carbons (Fsp3) is 0.742. The molecule has 1 aromatic heterocycles. The monoisotopic (exact) mass is 623 g/mol. The molecule has 13 heteroatoms. The molecule has 2 heterocycles. The molecule has 1 saturated heterocycles. The Balaban J connectivity index is 1.36. The highest BCUT2D eigenvalue weighted by atomic mass is 16.5. The van der Waals surface area contributed by atoms with Crippen LogP contribution in [0.15, 0.2) is 18.5 Å². The minimum Gasteiger partial charge on any atom is -0.490 e. The lowest BCUT2D eigenvalue weighted by Gasteiger charge is -2.33. The smallest absolute Gasteiger partial charge is 0.407 e. The van der Waals surface area contributed by atoms with E-state index in [1.54, 1.807) is 6.20 Å². The minimum atomic E-state index is -0.927. The molecule has 44 heavy (non-hydrogen) atoms. The van der Waals surface area contributed by atoms with E-state index in [9.17, 15) is 19.5 Å². The molecule has 1 atom stereocenters. The van der Waals surface area contributed by atoms with Crippen LogP contribution in [0.4, 0.5) is 4.79 Å². The minimum absolute atomic E-state index is 0.117. The molecule has 2 rings (SSSR count). The van der Waals surface area contributed by atoms with E-state index < -0.39 is 11.6 Å². The van der Waals surface area contributed by atoms with Gasteiger partial charge in [-0.3, -0.25) is 19.5 Å². The lowest BCUT2D eigenvalue weighted by Crippen LogP contribution is -2.45. The van der Waals surface area contributed by atoms with Gasteiger partial charge in [0.1, 0.15) is 12.4 Å². The van der Waals surface area contributed by atoms with E-state index in [1.807, 2.05) is 33.0 Å². The van der Waals surface area contributed by atoms with Gasteiger partial charge in [-0.15, -0.1) is 0 Å². The average Bonchev–Trinajstić information content (AvgIpc) is 3.41. The normalized spacial score (nSPS) is 15.2. The molecular formula is C31H53N5O8. The van der Waals surface area contributed by atoms with Gasteiger partial charge in [0.25, 0.3) is 0 Å². The molecule has 0 radical (unpaired) electrons. The van der Waals surface area contributed by atoms with E-state index in [4.69, 9.17) is 18.9 Å². The van der Waals surface area contributed by atoms with Crippen molar-refractivity contribution in [1.29, 1.82) is 0 Å². The van der Waals surface area contributed by atoms with Crippen LogP contribution in [0, 0.1) is 0 Å². The first-order valence-corrected chi connectivity index (χ1v) is 15.6. The number of aromatic nitrogens is 1. The third-order valence-electron chi connectivity index (χ3n) is 7.15. The predicted molar refractivity (Wildman–Crippen MR) is 166 cm³/mol. The summed E-state index contributed by atoms with van der Waals surface area (Å²) in [7, 11) is 2.12. The SMILES string of the molecule is CN1CCC[C@H]1c1cncc(OCCNC(=O)CCC(=O)NCCCOCCOCCOCCCN(C(=O)O)C(C)(C)C)c1. The fourth-order valence-corrected chi connectivity index (χ4v) is 4.78. The molecule has 0 aromatic carbocycles. The molecule has 0 unspecified atom stereocenters. The Bertz CT molecular complexity index is 990. The molecule has 0 saturated carbocycles. The highest BCUT2D eigenvalue weighted by molar-refractivity contribution is 5.83. The molecule has 1 aliphatic heterocycles. The van der Waals surface area contributed by atoms with Crippen LogP contribution in [-0.4, -0.2) is 123 Å². The molecule has 1 aromatic rings. The van der Waals surface area contributed by atoms with Crippen LogP contribution in [0.3, 0.4) is 0 Å². The second-order valence-electron chi connectivity index (χ2n) is 11.8. The lowest BCUT2D eigenvalue weighted by atomic mass is 10.1. The van der Waals surface area contributed by atoms with Crippen LogP contribution in [-0.2, 0) is 23.8 Å². The zero-order valence-electron chi connectivity index (χ0n) is 27.0. The van der Waals surface area contributed by atoms with Gasteiger partial charge in [-0.1, -0.05) is 0 Å². The third-order valence-corrected chi connectivity index (χ3v) is 7.15. The maximum absolute atomic E-state index is 12.1. The lowest BCUT2D eigenvalue weighted by molar-refractivity contribution is -0.126. The number of ether oxygens (including phenoxy) is 4. The second kappa shape index (κ2) is 20.9. The molecular weight excluding hydrogens is 570 g/mol. The van der Waals surface area contributed by atoms with Crippen molar-refractivity contribution in [2.75, 3.05) is 79.5 Å². The van der Waals surface area contributed by atoms with E-state index >= 15 is 0 Å². The predicted octanol–water partition coefficient (Wildman–Crippen LogP) is 2.85. The summed E-state index contributed by atoms with van der Waals surface area (Å²) in [6.07, 6.45) is 6.45. The van der Waals surface area contributed by atoms with Gasteiger partial charge < -0.3 is 39.6 Å². The Labute approximate surface area is 261 Å². The van der Waals surface area contributed by atoms with Gasteiger partial charge in [-0.2, -0.15) is 0 Å². The average molecular weight is 624 g/mol. The summed E-state index contributed by atoms with van der Waals surface area (Å²) < 4.78 is 22.2. The van der Waals surface area contributed by atoms with Crippen molar-refractivity contribution in [2.45, 2.75) is 70.9 Å². The number of pyridine rings is 1. The summed E-state index contributed by atoms with van der Waals surface area (Å²) in [5, 5.41) is 14.8. The number of amides is 3. The number of nitrogens with zero attached hydrogens (tertiary/aromatic N) is 3. The topological polar surface area (TPSA) is 152 Å². The number of likely N-dealkylation sites (tertiary alicyclic amines) is 1. The van der Waals surface area contributed by atoms with Crippen molar-refractivity contribution in [2.24, 2.45) is 0 Å². The highest BCUT2D eigenvalue weighted by Crippen LogP contribution is 2.31. The van der Waals surface area contributed by atoms with Crippen molar-refractivity contribution in [3.05, 3.63) is 24.0 Å². The van der Waals surface area contributed by atoms with E-state index in [2.05, 4.69) is 27.6 Å². The van der Waals surface area contributed by atoms with Crippen molar-refractivity contribution in [3.8, 4) is 5.75 Å². The van der Waals surface area contributed by atoms with Gasteiger partial charge in [0.2, 0.25) is 11.8 Å². The third kappa shape index (κ3) is 15.6. The van der Waals surface area contributed by atoms with Crippen LogP contribution in [0.25, 0.3) is 0 Å². The van der Waals surface area contributed by atoms with Crippen LogP contribution in [0.5, 0.6) is 5.75 Å². The molecule has 13 nitrogen and oxygen atoms in total. The maximum Gasteiger partial charge on any atom is 0.407 e. The van der Waals surface area contributed by atoms with E-state index in [-0.39, 0.29) is 24.7 Å². The maximum atomic E-state index is 12.1. The first-order valence-electron chi connectivity index (χ1n) is 15.6. The number of nitrogens with one attached hydrogen (secondary N) is 2. The zero-order valence-corrected chi connectivity index (χ0v) is 27.0. The van der Waals surface area contributed by atoms with Gasteiger partial charge >= 0.3 is 6.09 Å².